The minimum Gasteiger partial charge on any atom is -0.343 e. The molecule has 1 atom stereocenters. The standard InChI is InChI=1S/C17H18F3N5O2/c18-17(19,20)12-6-2-1-5-11(12)16(27)21-9-14(26)25-8-4-3-7-13(25)15-22-10-23-24-15/h1-2,5-6,10,13H,3-4,7-9H2,(H,21,27)(H,22,23,24). The Bertz CT molecular complexity index is 807. The van der Waals surface area contributed by atoms with E-state index in [1.54, 1.807) is 4.90 Å². The van der Waals surface area contributed by atoms with E-state index in [0.29, 0.717) is 18.8 Å². The van der Waals surface area contributed by atoms with Crippen molar-refractivity contribution in [3.05, 3.63) is 47.5 Å². The largest absolute Gasteiger partial charge is 0.417 e. The number of likely N-dealkylation sites (tertiary alicyclic amines) is 1. The number of carbonyl (C=O) groups excluding carboxylic acids is 2. The fraction of sp³-hybridized carbons (Fsp3) is 0.412. The van der Waals surface area contributed by atoms with Gasteiger partial charge >= 0.3 is 6.18 Å². The van der Waals surface area contributed by atoms with Gasteiger partial charge in [-0.25, -0.2) is 4.98 Å². The first-order chi connectivity index (χ1) is 12.9. The maximum atomic E-state index is 13.0. The van der Waals surface area contributed by atoms with Crippen LogP contribution in [-0.4, -0.2) is 45.0 Å². The van der Waals surface area contributed by atoms with Gasteiger partial charge in [0.15, 0.2) is 0 Å². The van der Waals surface area contributed by atoms with Crippen LogP contribution in [0.1, 0.15) is 47.1 Å². The molecule has 1 aromatic heterocycles. The third-order valence-corrected chi connectivity index (χ3v) is 4.45. The Morgan fingerprint density at radius 2 is 2.04 bits per heavy atom. The molecule has 0 saturated carbocycles. The predicted octanol–water partition coefficient (Wildman–Crippen LogP) is 2.31. The molecule has 2 aromatic rings. The second-order valence-corrected chi connectivity index (χ2v) is 6.20. The van der Waals surface area contributed by atoms with Crippen LogP contribution in [0.25, 0.3) is 0 Å². The van der Waals surface area contributed by atoms with Gasteiger partial charge in [0.25, 0.3) is 5.91 Å². The molecule has 1 aromatic carbocycles. The summed E-state index contributed by atoms with van der Waals surface area (Å²) in [6, 6.07) is 4.19. The first-order valence-electron chi connectivity index (χ1n) is 8.47. The molecular formula is C17H18F3N5O2. The quantitative estimate of drug-likeness (QED) is 0.850. The highest BCUT2D eigenvalue weighted by Crippen LogP contribution is 2.32. The SMILES string of the molecule is O=C(NCC(=O)N1CCCCC1c1ncn[nH]1)c1ccccc1C(F)(F)F. The maximum Gasteiger partial charge on any atom is 0.417 e. The fourth-order valence-electron chi connectivity index (χ4n) is 3.17. The third-order valence-electron chi connectivity index (χ3n) is 4.45. The first-order valence-corrected chi connectivity index (χ1v) is 8.47. The summed E-state index contributed by atoms with van der Waals surface area (Å²) < 4.78 is 39.1. The number of H-pyrrole nitrogens is 1. The van der Waals surface area contributed by atoms with Gasteiger partial charge in [0, 0.05) is 6.54 Å². The van der Waals surface area contributed by atoms with Gasteiger partial charge in [0.05, 0.1) is 23.7 Å². The van der Waals surface area contributed by atoms with E-state index in [4.69, 9.17) is 0 Å². The molecule has 1 unspecified atom stereocenters. The number of benzene rings is 1. The molecule has 2 heterocycles. The molecule has 1 aliphatic rings. The van der Waals surface area contributed by atoms with Gasteiger partial charge < -0.3 is 10.2 Å². The lowest BCUT2D eigenvalue weighted by atomic mass is 10.0. The summed E-state index contributed by atoms with van der Waals surface area (Å²) in [6.45, 7) is 0.0921. The summed E-state index contributed by atoms with van der Waals surface area (Å²) >= 11 is 0. The zero-order chi connectivity index (χ0) is 19.4. The van der Waals surface area contributed by atoms with Crippen LogP contribution in [0, 0.1) is 0 Å². The predicted molar refractivity (Wildman–Crippen MR) is 88.5 cm³/mol. The van der Waals surface area contributed by atoms with Crippen LogP contribution >= 0.6 is 0 Å². The topological polar surface area (TPSA) is 91.0 Å². The van der Waals surface area contributed by atoms with Gasteiger partial charge in [-0.3, -0.25) is 14.7 Å². The molecule has 0 aliphatic carbocycles. The summed E-state index contributed by atoms with van der Waals surface area (Å²) in [4.78, 5) is 30.4. The van der Waals surface area contributed by atoms with Crippen molar-refractivity contribution in [2.45, 2.75) is 31.5 Å². The van der Waals surface area contributed by atoms with E-state index in [0.717, 1.165) is 25.0 Å². The second kappa shape index (κ2) is 7.77. The van der Waals surface area contributed by atoms with Gasteiger partial charge in [-0.05, 0) is 31.4 Å². The van der Waals surface area contributed by atoms with E-state index >= 15 is 0 Å². The van der Waals surface area contributed by atoms with E-state index in [2.05, 4.69) is 20.5 Å². The van der Waals surface area contributed by atoms with Gasteiger partial charge in [-0.1, -0.05) is 12.1 Å². The van der Waals surface area contributed by atoms with Crippen molar-refractivity contribution < 1.29 is 22.8 Å². The summed E-state index contributed by atoms with van der Waals surface area (Å²) in [5.74, 6) is -0.768. The molecule has 27 heavy (non-hydrogen) atoms. The lowest BCUT2D eigenvalue weighted by molar-refractivity contribution is -0.138. The minimum absolute atomic E-state index is 0.284. The van der Waals surface area contributed by atoms with Crippen molar-refractivity contribution in [1.82, 2.24) is 25.4 Å². The number of piperidine rings is 1. The molecule has 0 bridgehead atoms. The number of alkyl halides is 3. The minimum atomic E-state index is -4.65. The highest BCUT2D eigenvalue weighted by molar-refractivity contribution is 5.97. The number of nitrogens with one attached hydrogen (secondary N) is 2. The Balaban J connectivity index is 1.68. The molecule has 1 saturated heterocycles. The summed E-state index contributed by atoms with van der Waals surface area (Å²) in [7, 11) is 0. The maximum absolute atomic E-state index is 13.0. The molecule has 0 radical (unpaired) electrons. The van der Waals surface area contributed by atoms with Crippen LogP contribution in [0.15, 0.2) is 30.6 Å². The summed E-state index contributed by atoms with van der Waals surface area (Å²) in [5, 5.41) is 8.82. The third kappa shape index (κ3) is 4.26. The van der Waals surface area contributed by atoms with Gasteiger partial charge in [0.1, 0.15) is 12.2 Å². The smallest absolute Gasteiger partial charge is 0.343 e. The van der Waals surface area contributed by atoms with Crippen LogP contribution < -0.4 is 5.32 Å². The summed E-state index contributed by atoms with van der Waals surface area (Å²) in [5.41, 5.74) is -1.55. The molecule has 10 heteroatoms. The molecule has 1 fully saturated rings. The molecule has 2 amide bonds. The number of hydrogen-bond donors (Lipinski definition) is 2. The van der Waals surface area contributed by atoms with Crippen LogP contribution in [0.5, 0.6) is 0 Å². The Labute approximate surface area is 153 Å². The number of aromatic nitrogens is 3. The highest BCUT2D eigenvalue weighted by atomic mass is 19.4. The van der Waals surface area contributed by atoms with Crippen molar-refractivity contribution in [3.8, 4) is 0 Å². The number of hydrogen-bond acceptors (Lipinski definition) is 4. The van der Waals surface area contributed by atoms with Crippen LogP contribution in [0.4, 0.5) is 13.2 Å². The average molecular weight is 381 g/mol. The van der Waals surface area contributed by atoms with Crippen molar-refractivity contribution in [3.63, 3.8) is 0 Å². The molecule has 2 N–H and O–H groups in total. The average Bonchev–Trinajstić information content (AvgIpc) is 3.20. The highest BCUT2D eigenvalue weighted by Gasteiger charge is 2.35. The number of nitrogens with zero attached hydrogens (tertiary/aromatic N) is 3. The van der Waals surface area contributed by atoms with Crippen molar-refractivity contribution in [2.75, 3.05) is 13.1 Å². The summed E-state index contributed by atoms with van der Waals surface area (Å²) in [6.07, 6.45) is -0.877. The van der Waals surface area contributed by atoms with Crippen molar-refractivity contribution in [2.24, 2.45) is 0 Å². The first kappa shape index (κ1) is 18.9. The van der Waals surface area contributed by atoms with E-state index in [-0.39, 0.29) is 11.9 Å². The van der Waals surface area contributed by atoms with E-state index in [9.17, 15) is 22.8 Å². The number of aromatic amines is 1. The Hall–Kier alpha value is -2.91. The van der Waals surface area contributed by atoms with E-state index < -0.39 is 29.8 Å². The molecule has 0 spiro atoms. The monoisotopic (exact) mass is 381 g/mol. The Kier molecular flexibility index (Phi) is 5.43. The number of rotatable bonds is 4. The van der Waals surface area contributed by atoms with Gasteiger partial charge in [-0.2, -0.15) is 18.3 Å². The lowest BCUT2D eigenvalue weighted by Gasteiger charge is -2.34. The molecule has 144 valence electrons. The van der Waals surface area contributed by atoms with Crippen LogP contribution in [0.3, 0.4) is 0 Å². The van der Waals surface area contributed by atoms with Crippen molar-refractivity contribution in [1.29, 1.82) is 0 Å². The number of amides is 2. The molecular weight excluding hydrogens is 363 g/mol. The number of halogens is 3. The molecule has 7 nitrogen and oxygen atoms in total. The Morgan fingerprint density at radius 1 is 1.26 bits per heavy atom. The van der Waals surface area contributed by atoms with Gasteiger partial charge in [-0.15, -0.1) is 0 Å². The van der Waals surface area contributed by atoms with Crippen LogP contribution in [-0.2, 0) is 11.0 Å². The number of carbonyl (C=O) groups is 2. The zero-order valence-electron chi connectivity index (χ0n) is 14.3. The van der Waals surface area contributed by atoms with E-state index in [1.165, 1.54) is 18.5 Å². The zero-order valence-corrected chi connectivity index (χ0v) is 14.3. The second-order valence-electron chi connectivity index (χ2n) is 6.20. The molecule has 3 rings (SSSR count). The van der Waals surface area contributed by atoms with Gasteiger partial charge in [0.2, 0.25) is 5.91 Å². The lowest BCUT2D eigenvalue weighted by Crippen LogP contribution is -2.44. The fourth-order valence-corrected chi connectivity index (χ4v) is 3.17. The normalized spacial score (nSPS) is 17.6. The van der Waals surface area contributed by atoms with Crippen molar-refractivity contribution >= 4 is 11.8 Å². The Morgan fingerprint density at radius 3 is 2.74 bits per heavy atom. The van der Waals surface area contributed by atoms with Crippen LogP contribution in [0.2, 0.25) is 0 Å². The van der Waals surface area contributed by atoms with E-state index in [1.807, 2.05) is 0 Å². The molecule has 1 aliphatic heterocycles.